The molecule has 0 atom stereocenters. The summed E-state index contributed by atoms with van der Waals surface area (Å²) < 4.78 is 17.7. The number of likely N-dealkylation sites (N-methyl/N-ethyl adjacent to an activating group) is 1. The largest absolute Gasteiger partial charge is 0.488 e. The molecule has 15 heavy (non-hydrogen) atoms. The third-order valence-corrected chi connectivity index (χ3v) is 2.11. The second-order valence-corrected chi connectivity index (χ2v) is 3.68. The Hall–Kier alpha value is -1.51. The van der Waals surface area contributed by atoms with Crippen LogP contribution in [-0.2, 0) is 4.74 Å². The van der Waals surface area contributed by atoms with E-state index in [4.69, 9.17) is 4.74 Å². The van der Waals surface area contributed by atoms with Crippen LogP contribution in [-0.4, -0.2) is 25.1 Å². The van der Waals surface area contributed by atoms with Crippen LogP contribution in [0.4, 0.5) is 4.39 Å². The lowest BCUT2D eigenvalue weighted by molar-refractivity contribution is 0.250. The van der Waals surface area contributed by atoms with Crippen molar-refractivity contribution in [2.75, 3.05) is 20.2 Å². The Kier molecular flexibility index (Phi) is 3.72. The minimum Gasteiger partial charge on any atom is -0.488 e. The number of nitrogens with zero attached hydrogens (tertiary/aromatic N) is 1. The van der Waals surface area contributed by atoms with Gasteiger partial charge in [-0.2, -0.15) is 0 Å². The minimum atomic E-state index is -0.415. The highest BCUT2D eigenvalue weighted by atomic mass is 19.1. The SMILES string of the molecule is C=C(F)/C=C(\C)CN(C)C1=CC(=C)OC1. The Morgan fingerprint density at radius 1 is 1.73 bits per heavy atom. The molecule has 0 aliphatic carbocycles. The summed E-state index contributed by atoms with van der Waals surface area (Å²) in [6, 6.07) is 0. The average Bonchev–Trinajstić information content (AvgIpc) is 2.49. The van der Waals surface area contributed by atoms with Crippen molar-refractivity contribution in [3.05, 3.63) is 48.2 Å². The molecule has 0 fully saturated rings. The molecular weight excluding hydrogens is 193 g/mol. The number of hydrogen-bond acceptors (Lipinski definition) is 2. The topological polar surface area (TPSA) is 12.5 Å². The smallest absolute Gasteiger partial charge is 0.128 e. The van der Waals surface area contributed by atoms with Crippen LogP contribution in [0.3, 0.4) is 0 Å². The maximum absolute atomic E-state index is 12.5. The first-order chi connectivity index (χ1) is 6.99. The standard InChI is InChI=1S/C12H16FNO/c1-9(5-10(2)13)7-14(4)12-6-11(3)15-8-12/h5-6H,2-3,7-8H2,1,4H3/b9-5+. The van der Waals surface area contributed by atoms with Crippen LogP contribution >= 0.6 is 0 Å². The van der Waals surface area contributed by atoms with E-state index in [1.54, 1.807) is 0 Å². The number of hydrogen-bond donors (Lipinski definition) is 0. The van der Waals surface area contributed by atoms with Crippen LogP contribution in [0.1, 0.15) is 6.92 Å². The van der Waals surface area contributed by atoms with Crippen molar-refractivity contribution in [2.24, 2.45) is 0 Å². The molecule has 82 valence electrons. The maximum Gasteiger partial charge on any atom is 0.128 e. The van der Waals surface area contributed by atoms with Crippen LogP contribution in [0.2, 0.25) is 0 Å². The maximum atomic E-state index is 12.5. The van der Waals surface area contributed by atoms with Gasteiger partial charge < -0.3 is 9.64 Å². The lowest BCUT2D eigenvalue weighted by Gasteiger charge is -2.19. The highest BCUT2D eigenvalue weighted by Gasteiger charge is 2.12. The number of rotatable bonds is 4. The summed E-state index contributed by atoms with van der Waals surface area (Å²) in [5, 5.41) is 0. The molecule has 0 aromatic rings. The number of halogens is 1. The zero-order valence-corrected chi connectivity index (χ0v) is 9.22. The Morgan fingerprint density at radius 2 is 2.40 bits per heavy atom. The van der Waals surface area contributed by atoms with E-state index >= 15 is 0 Å². The molecule has 0 spiro atoms. The lowest BCUT2D eigenvalue weighted by Crippen LogP contribution is -2.20. The van der Waals surface area contributed by atoms with E-state index in [0.717, 1.165) is 11.3 Å². The fourth-order valence-corrected chi connectivity index (χ4v) is 1.44. The Bertz CT molecular complexity index is 342. The van der Waals surface area contributed by atoms with Crippen molar-refractivity contribution < 1.29 is 9.13 Å². The van der Waals surface area contributed by atoms with Gasteiger partial charge in [0.05, 0.1) is 5.70 Å². The Labute approximate surface area is 90.0 Å². The Morgan fingerprint density at radius 3 is 2.87 bits per heavy atom. The fourth-order valence-electron chi connectivity index (χ4n) is 1.44. The first-order valence-electron chi connectivity index (χ1n) is 4.74. The molecule has 3 heteroatoms. The predicted molar refractivity (Wildman–Crippen MR) is 59.8 cm³/mol. The fraction of sp³-hybridized carbons (Fsp3) is 0.333. The minimum absolute atomic E-state index is 0.415. The van der Waals surface area contributed by atoms with Crippen molar-refractivity contribution in [3.63, 3.8) is 0 Å². The van der Waals surface area contributed by atoms with E-state index in [1.165, 1.54) is 6.08 Å². The second kappa shape index (κ2) is 4.82. The van der Waals surface area contributed by atoms with Crippen molar-refractivity contribution in [1.82, 2.24) is 4.90 Å². The van der Waals surface area contributed by atoms with E-state index in [0.29, 0.717) is 18.9 Å². The molecule has 0 N–H and O–H groups in total. The van der Waals surface area contributed by atoms with E-state index in [2.05, 4.69) is 13.2 Å². The van der Waals surface area contributed by atoms with Gasteiger partial charge in [-0.15, -0.1) is 0 Å². The van der Waals surface area contributed by atoms with Gasteiger partial charge in [0, 0.05) is 19.7 Å². The van der Waals surface area contributed by atoms with E-state index in [-0.39, 0.29) is 0 Å². The second-order valence-electron chi connectivity index (χ2n) is 3.68. The highest BCUT2D eigenvalue weighted by Crippen LogP contribution is 2.17. The van der Waals surface area contributed by atoms with Gasteiger partial charge in [0.2, 0.25) is 0 Å². The summed E-state index contributed by atoms with van der Waals surface area (Å²) in [5.74, 6) is 0.260. The molecule has 0 saturated heterocycles. The van der Waals surface area contributed by atoms with E-state index in [9.17, 15) is 4.39 Å². The molecule has 1 aliphatic heterocycles. The molecule has 0 bridgehead atoms. The first-order valence-corrected chi connectivity index (χ1v) is 4.74. The highest BCUT2D eigenvalue weighted by molar-refractivity contribution is 5.23. The molecular formula is C12H16FNO. The lowest BCUT2D eigenvalue weighted by atomic mass is 10.2. The monoisotopic (exact) mass is 209 g/mol. The van der Waals surface area contributed by atoms with Gasteiger partial charge in [-0.25, -0.2) is 4.39 Å². The van der Waals surface area contributed by atoms with E-state index < -0.39 is 5.83 Å². The van der Waals surface area contributed by atoms with Gasteiger partial charge in [-0.1, -0.05) is 18.7 Å². The molecule has 0 saturated carbocycles. The van der Waals surface area contributed by atoms with Crippen LogP contribution in [0.5, 0.6) is 0 Å². The van der Waals surface area contributed by atoms with Gasteiger partial charge >= 0.3 is 0 Å². The third kappa shape index (κ3) is 3.62. The normalized spacial score (nSPS) is 16.1. The summed E-state index contributed by atoms with van der Waals surface area (Å²) in [6.45, 7) is 9.96. The molecule has 0 aromatic heterocycles. The molecule has 2 nitrogen and oxygen atoms in total. The quantitative estimate of drug-likeness (QED) is 0.660. The summed E-state index contributed by atoms with van der Waals surface area (Å²) in [4.78, 5) is 2.01. The van der Waals surface area contributed by atoms with Crippen LogP contribution in [0, 0.1) is 0 Å². The van der Waals surface area contributed by atoms with Gasteiger partial charge in [0.25, 0.3) is 0 Å². The molecule has 0 aromatic carbocycles. The van der Waals surface area contributed by atoms with Crippen LogP contribution < -0.4 is 0 Å². The van der Waals surface area contributed by atoms with Gasteiger partial charge in [0.1, 0.15) is 18.2 Å². The van der Waals surface area contributed by atoms with Gasteiger partial charge in [0.15, 0.2) is 0 Å². The van der Waals surface area contributed by atoms with Crippen LogP contribution in [0.25, 0.3) is 0 Å². The van der Waals surface area contributed by atoms with Gasteiger partial charge in [-0.05, 0) is 13.0 Å². The van der Waals surface area contributed by atoms with Crippen molar-refractivity contribution in [2.45, 2.75) is 6.92 Å². The zero-order valence-electron chi connectivity index (χ0n) is 9.22. The zero-order chi connectivity index (χ0) is 11.4. The van der Waals surface area contributed by atoms with Crippen molar-refractivity contribution in [1.29, 1.82) is 0 Å². The average molecular weight is 209 g/mol. The number of ether oxygens (including phenoxy) is 1. The molecule has 0 unspecified atom stereocenters. The third-order valence-electron chi connectivity index (χ3n) is 2.11. The molecule has 1 rings (SSSR count). The van der Waals surface area contributed by atoms with Crippen molar-refractivity contribution >= 4 is 0 Å². The van der Waals surface area contributed by atoms with E-state index in [1.807, 2.05) is 24.9 Å². The molecule has 0 amide bonds. The predicted octanol–water partition coefficient (Wildman–Crippen LogP) is 2.78. The summed E-state index contributed by atoms with van der Waals surface area (Å²) in [7, 11) is 1.94. The number of allylic oxidation sites excluding steroid dienone is 3. The molecule has 1 heterocycles. The summed E-state index contributed by atoms with van der Waals surface area (Å²) >= 11 is 0. The van der Waals surface area contributed by atoms with Crippen LogP contribution in [0.15, 0.2) is 48.2 Å². The molecule has 0 radical (unpaired) electrons. The molecule has 1 aliphatic rings. The van der Waals surface area contributed by atoms with Gasteiger partial charge in [-0.3, -0.25) is 0 Å². The summed E-state index contributed by atoms with van der Waals surface area (Å²) in [6.07, 6.45) is 3.32. The summed E-state index contributed by atoms with van der Waals surface area (Å²) in [5.41, 5.74) is 1.97. The van der Waals surface area contributed by atoms with Crippen molar-refractivity contribution in [3.8, 4) is 0 Å². The first kappa shape index (κ1) is 11.6. The Balaban J connectivity index is 2.56.